The standard InChI is InChI=1S/C16H16Cl2N2O3S/c1-11(12-5-3-2-4-6-12)20-16(21)10-19-24(22,23)15-9-13(17)7-8-14(15)18/h2-9,11,19H,10H2,1H3,(H,20,21)/t11-/m0/s1. The van der Waals surface area contributed by atoms with Gasteiger partial charge in [0, 0.05) is 5.02 Å². The summed E-state index contributed by atoms with van der Waals surface area (Å²) in [5.41, 5.74) is 0.923. The van der Waals surface area contributed by atoms with E-state index in [-0.39, 0.29) is 21.0 Å². The van der Waals surface area contributed by atoms with Crippen LogP contribution in [0.25, 0.3) is 0 Å². The van der Waals surface area contributed by atoms with Crippen molar-refractivity contribution < 1.29 is 13.2 Å². The van der Waals surface area contributed by atoms with Gasteiger partial charge in [0.1, 0.15) is 4.90 Å². The van der Waals surface area contributed by atoms with E-state index in [1.807, 2.05) is 37.3 Å². The molecule has 0 radical (unpaired) electrons. The highest BCUT2D eigenvalue weighted by Gasteiger charge is 2.20. The zero-order valence-corrected chi connectivity index (χ0v) is 15.1. The van der Waals surface area contributed by atoms with Crippen molar-refractivity contribution in [3.63, 3.8) is 0 Å². The zero-order valence-electron chi connectivity index (χ0n) is 12.8. The molecular formula is C16H16Cl2N2O3S. The SMILES string of the molecule is C[C@H](NC(=O)CNS(=O)(=O)c1cc(Cl)ccc1Cl)c1ccccc1. The van der Waals surface area contributed by atoms with Gasteiger partial charge in [-0.3, -0.25) is 4.79 Å². The lowest BCUT2D eigenvalue weighted by Crippen LogP contribution is -2.38. The van der Waals surface area contributed by atoms with E-state index in [0.29, 0.717) is 0 Å². The van der Waals surface area contributed by atoms with E-state index in [0.717, 1.165) is 5.56 Å². The quantitative estimate of drug-likeness (QED) is 0.800. The lowest BCUT2D eigenvalue weighted by atomic mass is 10.1. The minimum Gasteiger partial charge on any atom is -0.348 e. The van der Waals surface area contributed by atoms with Crippen LogP contribution >= 0.6 is 23.2 Å². The minimum absolute atomic E-state index is 0.0324. The normalized spacial score (nSPS) is 12.6. The summed E-state index contributed by atoms with van der Waals surface area (Å²) in [6.45, 7) is 1.41. The van der Waals surface area contributed by atoms with Crippen molar-refractivity contribution in [2.24, 2.45) is 0 Å². The second-order valence-electron chi connectivity index (χ2n) is 5.10. The Bertz CT molecular complexity index is 826. The van der Waals surface area contributed by atoms with E-state index in [1.54, 1.807) is 0 Å². The maximum atomic E-state index is 12.2. The molecule has 0 saturated heterocycles. The predicted molar refractivity (Wildman–Crippen MR) is 94.7 cm³/mol. The lowest BCUT2D eigenvalue weighted by molar-refractivity contribution is -0.120. The number of hydrogen-bond acceptors (Lipinski definition) is 3. The Morgan fingerprint density at radius 3 is 2.46 bits per heavy atom. The van der Waals surface area contributed by atoms with E-state index < -0.39 is 22.5 Å². The minimum atomic E-state index is -3.94. The van der Waals surface area contributed by atoms with Gasteiger partial charge < -0.3 is 5.32 Å². The van der Waals surface area contributed by atoms with Crippen molar-refractivity contribution in [1.82, 2.24) is 10.0 Å². The highest BCUT2D eigenvalue weighted by atomic mass is 35.5. The van der Waals surface area contributed by atoms with Gasteiger partial charge in [-0.05, 0) is 30.7 Å². The molecule has 1 atom stereocenters. The van der Waals surface area contributed by atoms with Crippen LogP contribution in [0.5, 0.6) is 0 Å². The van der Waals surface area contributed by atoms with Gasteiger partial charge in [-0.25, -0.2) is 13.1 Å². The number of rotatable bonds is 6. The Kier molecular flexibility index (Phi) is 6.23. The zero-order chi connectivity index (χ0) is 17.7. The summed E-state index contributed by atoms with van der Waals surface area (Å²) in [6.07, 6.45) is 0. The first-order valence-corrected chi connectivity index (χ1v) is 9.32. The Morgan fingerprint density at radius 1 is 1.12 bits per heavy atom. The largest absolute Gasteiger partial charge is 0.348 e. The highest BCUT2D eigenvalue weighted by molar-refractivity contribution is 7.89. The molecule has 0 fully saturated rings. The van der Waals surface area contributed by atoms with Crippen molar-refractivity contribution in [3.8, 4) is 0 Å². The number of halogens is 2. The highest BCUT2D eigenvalue weighted by Crippen LogP contribution is 2.24. The van der Waals surface area contributed by atoms with Crippen molar-refractivity contribution in [1.29, 1.82) is 0 Å². The van der Waals surface area contributed by atoms with Gasteiger partial charge in [0.25, 0.3) is 0 Å². The lowest BCUT2D eigenvalue weighted by Gasteiger charge is -2.15. The van der Waals surface area contributed by atoms with Crippen molar-refractivity contribution in [2.75, 3.05) is 6.54 Å². The van der Waals surface area contributed by atoms with E-state index in [4.69, 9.17) is 23.2 Å². The van der Waals surface area contributed by atoms with E-state index in [1.165, 1.54) is 18.2 Å². The van der Waals surface area contributed by atoms with E-state index >= 15 is 0 Å². The molecule has 0 heterocycles. The summed E-state index contributed by atoms with van der Waals surface area (Å²) in [5.74, 6) is -0.451. The fraction of sp³-hybridized carbons (Fsp3) is 0.188. The van der Waals surface area contributed by atoms with Gasteiger partial charge in [-0.1, -0.05) is 53.5 Å². The smallest absolute Gasteiger partial charge is 0.242 e. The van der Waals surface area contributed by atoms with Crippen LogP contribution in [0, 0.1) is 0 Å². The number of hydrogen-bond donors (Lipinski definition) is 2. The third kappa shape index (κ3) is 4.95. The summed E-state index contributed by atoms with van der Waals surface area (Å²) < 4.78 is 26.7. The molecule has 0 aliphatic rings. The first-order chi connectivity index (χ1) is 11.3. The number of amides is 1. The number of benzene rings is 2. The number of carbonyl (C=O) groups excluding carboxylic acids is 1. The second kappa shape index (κ2) is 7.98. The Labute approximate surface area is 151 Å². The molecule has 2 N–H and O–H groups in total. The van der Waals surface area contributed by atoms with Crippen LogP contribution in [0.1, 0.15) is 18.5 Å². The molecule has 0 aromatic heterocycles. The van der Waals surface area contributed by atoms with Crippen LogP contribution in [-0.4, -0.2) is 20.9 Å². The molecule has 0 bridgehead atoms. The molecular weight excluding hydrogens is 371 g/mol. The number of sulfonamides is 1. The second-order valence-corrected chi connectivity index (χ2v) is 7.68. The topological polar surface area (TPSA) is 75.3 Å². The van der Waals surface area contributed by atoms with E-state index in [9.17, 15) is 13.2 Å². The van der Waals surface area contributed by atoms with Crippen molar-refractivity contribution >= 4 is 39.1 Å². The first-order valence-electron chi connectivity index (χ1n) is 7.08. The van der Waals surface area contributed by atoms with Crippen molar-refractivity contribution in [2.45, 2.75) is 17.9 Å². The van der Waals surface area contributed by atoms with Gasteiger partial charge in [0.2, 0.25) is 15.9 Å². The molecule has 2 rings (SSSR count). The van der Waals surface area contributed by atoms with Crippen LogP contribution < -0.4 is 10.0 Å². The number of carbonyl (C=O) groups is 1. The third-order valence-electron chi connectivity index (χ3n) is 3.28. The van der Waals surface area contributed by atoms with E-state index in [2.05, 4.69) is 10.0 Å². The molecule has 8 heteroatoms. The van der Waals surface area contributed by atoms with Crippen LogP contribution in [0.2, 0.25) is 10.0 Å². The first kappa shape index (κ1) is 18.7. The summed E-state index contributed by atoms with van der Waals surface area (Å²) >= 11 is 11.7. The maximum absolute atomic E-state index is 12.2. The van der Waals surface area contributed by atoms with Gasteiger partial charge in [-0.2, -0.15) is 0 Å². The summed E-state index contributed by atoms with van der Waals surface area (Å²) in [4.78, 5) is 11.8. The van der Waals surface area contributed by atoms with Crippen molar-refractivity contribution in [3.05, 3.63) is 64.1 Å². The van der Waals surface area contributed by atoms with Gasteiger partial charge >= 0.3 is 0 Å². The molecule has 0 unspecified atom stereocenters. The predicted octanol–water partition coefficient (Wildman–Crippen LogP) is 3.15. The maximum Gasteiger partial charge on any atom is 0.242 e. The monoisotopic (exact) mass is 386 g/mol. The summed E-state index contributed by atoms with van der Waals surface area (Å²) in [7, 11) is -3.94. The van der Waals surface area contributed by atoms with Gasteiger partial charge in [0.05, 0.1) is 17.6 Å². The average Bonchev–Trinajstić information content (AvgIpc) is 2.56. The third-order valence-corrected chi connectivity index (χ3v) is 5.40. The van der Waals surface area contributed by atoms with Crippen LogP contribution in [0.15, 0.2) is 53.4 Å². The summed E-state index contributed by atoms with van der Waals surface area (Å²) in [6, 6.07) is 13.2. The Hall–Kier alpha value is -1.60. The van der Waals surface area contributed by atoms with Crippen LogP contribution in [0.3, 0.4) is 0 Å². The molecule has 24 heavy (non-hydrogen) atoms. The molecule has 5 nitrogen and oxygen atoms in total. The Morgan fingerprint density at radius 2 is 1.79 bits per heavy atom. The fourth-order valence-electron chi connectivity index (χ4n) is 2.04. The van der Waals surface area contributed by atoms with Crippen LogP contribution in [0.4, 0.5) is 0 Å². The molecule has 2 aromatic carbocycles. The molecule has 1 amide bonds. The molecule has 128 valence electrons. The van der Waals surface area contributed by atoms with Crippen LogP contribution in [-0.2, 0) is 14.8 Å². The molecule has 0 saturated carbocycles. The summed E-state index contributed by atoms with van der Waals surface area (Å²) in [5, 5.41) is 2.99. The van der Waals surface area contributed by atoms with Gasteiger partial charge in [-0.15, -0.1) is 0 Å². The molecule has 0 aliphatic heterocycles. The molecule has 0 aliphatic carbocycles. The fourth-order valence-corrected chi connectivity index (χ4v) is 3.78. The van der Waals surface area contributed by atoms with Gasteiger partial charge in [0.15, 0.2) is 0 Å². The molecule has 0 spiro atoms. The average molecular weight is 387 g/mol. The number of nitrogens with one attached hydrogen (secondary N) is 2. The molecule has 2 aromatic rings. The Balaban J connectivity index is 1.99.